The van der Waals surface area contributed by atoms with E-state index in [1.165, 1.54) is 16.7 Å². The SMILES string of the molecule is CNC(Cc1ncnn1C(C)C)c1cccc(C)c1C. The first-order valence-corrected chi connectivity index (χ1v) is 7.16. The zero-order valence-corrected chi connectivity index (χ0v) is 13.0. The molecule has 0 spiro atoms. The molecule has 0 aliphatic heterocycles. The zero-order valence-electron chi connectivity index (χ0n) is 13.0. The van der Waals surface area contributed by atoms with E-state index in [2.05, 4.69) is 61.3 Å². The third kappa shape index (κ3) is 2.90. The van der Waals surface area contributed by atoms with Gasteiger partial charge in [0, 0.05) is 18.5 Å². The summed E-state index contributed by atoms with van der Waals surface area (Å²) < 4.78 is 2.00. The maximum atomic E-state index is 4.41. The van der Waals surface area contributed by atoms with Crippen molar-refractivity contribution >= 4 is 0 Å². The van der Waals surface area contributed by atoms with Gasteiger partial charge in [-0.25, -0.2) is 9.67 Å². The molecule has 1 atom stereocenters. The smallest absolute Gasteiger partial charge is 0.138 e. The Morgan fingerprint density at radius 1 is 1.25 bits per heavy atom. The van der Waals surface area contributed by atoms with Crippen LogP contribution in [0.1, 0.15) is 48.4 Å². The summed E-state index contributed by atoms with van der Waals surface area (Å²) >= 11 is 0. The van der Waals surface area contributed by atoms with E-state index in [4.69, 9.17) is 0 Å². The summed E-state index contributed by atoms with van der Waals surface area (Å²) in [6.45, 7) is 8.60. The van der Waals surface area contributed by atoms with Gasteiger partial charge in [-0.15, -0.1) is 0 Å². The first kappa shape index (κ1) is 14.7. The topological polar surface area (TPSA) is 42.7 Å². The molecule has 1 N–H and O–H groups in total. The summed E-state index contributed by atoms with van der Waals surface area (Å²) in [5.74, 6) is 1.03. The Kier molecular flexibility index (Phi) is 4.55. The predicted octanol–water partition coefficient (Wildman–Crippen LogP) is 2.98. The molecule has 0 amide bonds. The van der Waals surface area contributed by atoms with Crippen molar-refractivity contribution in [3.63, 3.8) is 0 Å². The maximum absolute atomic E-state index is 4.41. The molecular formula is C16H24N4. The Morgan fingerprint density at radius 2 is 2.00 bits per heavy atom. The van der Waals surface area contributed by atoms with Gasteiger partial charge < -0.3 is 5.32 Å². The van der Waals surface area contributed by atoms with Crippen LogP contribution >= 0.6 is 0 Å². The Hall–Kier alpha value is -1.68. The summed E-state index contributed by atoms with van der Waals surface area (Å²) in [6.07, 6.45) is 2.49. The second-order valence-corrected chi connectivity index (χ2v) is 5.55. The Balaban J connectivity index is 2.29. The highest BCUT2D eigenvalue weighted by atomic mass is 15.3. The van der Waals surface area contributed by atoms with Crippen molar-refractivity contribution in [3.05, 3.63) is 47.0 Å². The van der Waals surface area contributed by atoms with Gasteiger partial charge in [0.15, 0.2) is 0 Å². The monoisotopic (exact) mass is 272 g/mol. The molecule has 20 heavy (non-hydrogen) atoms. The summed E-state index contributed by atoms with van der Waals surface area (Å²) in [7, 11) is 2.00. The number of hydrogen-bond donors (Lipinski definition) is 1. The molecule has 1 unspecified atom stereocenters. The van der Waals surface area contributed by atoms with Gasteiger partial charge >= 0.3 is 0 Å². The molecule has 1 aromatic heterocycles. The minimum atomic E-state index is 0.261. The van der Waals surface area contributed by atoms with E-state index < -0.39 is 0 Å². The van der Waals surface area contributed by atoms with Gasteiger partial charge in [-0.1, -0.05) is 18.2 Å². The minimum absolute atomic E-state index is 0.261. The largest absolute Gasteiger partial charge is 0.313 e. The van der Waals surface area contributed by atoms with Gasteiger partial charge in [0.25, 0.3) is 0 Å². The Labute approximate surface area is 121 Å². The Bertz CT molecular complexity index is 572. The number of rotatable bonds is 5. The molecule has 2 aromatic rings. The van der Waals surface area contributed by atoms with Gasteiger partial charge in [0.2, 0.25) is 0 Å². The number of benzene rings is 1. The average molecular weight is 272 g/mol. The fourth-order valence-corrected chi connectivity index (χ4v) is 2.55. The molecule has 108 valence electrons. The van der Waals surface area contributed by atoms with Crippen molar-refractivity contribution in [2.75, 3.05) is 7.05 Å². The highest BCUT2D eigenvalue weighted by Crippen LogP contribution is 2.23. The van der Waals surface area contributed by atoms with Crippen molar-refractivity contribution in [2.45, 2.75) is 46.2 Å². The molecule has 4 nitrogen and oxygen atoms in total. The molecule has 1 heterocycles. The summed E-state index contributed by atoms with van der Waals surface area (Å²) in [5, 5.41) is 7.72. The van der Waals surface area contributed by atoms with E-state index in [1.54, 1.807) is 6.33 Å². The molecule has 0 radical (unpaired) electrons. The Morgan fingerprint density at radius 3 is 2.65 bits per heavy atom. The summed E-state index contributed by atoms with van der Waals surface area (Å²) in [6, 6.07) is 7.07. The van der Waals surface area contributed by atoms with E-state index in [1.807, 2.05) is 11.7 Å². The van der Waals surface area contributed by atoms with Gasteiger partial charge in [-0.3, -0.25) is 0 Å². The minimum Gasteiger partial charge on any atom is -0.313 e. The van der Waals surface area contributed by atoms with Gasteiger partial charge in [-0.05, 0) is 51.4 Å². The van der Waals surface area contributed by atoms with E-state index in [0.29, 0.717) is 6.04 Å². The summed E-state index contributed by atoms with van der Waals surface area (Å²) in [5.41, 5.74) is 4.02. The van der Waals surface area contributed by atoms with Crippen LogP contribution in [-0.2, 0) is 6.42 Å². The van der Waals surface area contributed by atoms with Crippen LogP contribution in [0.15, 0.2) is 24.5 Å². The lowest BCUT2D eigenvalue weighted by molar-refractivity contribution is 0.477. The molecule has 2 rings (SSSR count). The van der Waals surface area contributed by atoms with E-state index >= 15 is 0 Å². The average Bonchev–Trinajstić information content (AvgIpc) is 2.88. The second kappa shape index (κ2) is 6.18. The van der Waals surface area contributed by atoms with Crippen LogP contribution in [-0.4, -0.2) is 21.8 Å². The quantitative estimate of drug-likeness (QED) is 0.910. The fraction of sp³-hybridized carbons (Fsp3) is 0.500. The molecule has 0 saturated carbocycles. The lowest BCUT2D eigenvalue weighted by Gasteiger charge is -2.20. The standard InChI is InChI=1S/C16H24N4/c1-11(2)20-16(18-10-19-20)9-15(17-5)14-8-6-7-12(3)13(14)4/h6-8,10-11,15,17H,9H2,1-5H3. The van der Waals surface area contributed by atoms with Crippen molar-refractivity contribution in [3.8, 4) is 0 Å². The van der Waals surface area contributed by atoms with Crippen molar-refractivity contribution < 1.29 is 0 Å². The van der Waals surface area contributed by atoms with Crippen LogP contribution in [0, 0.1) is 13.8 Å². The second-order valence-electron chi connectivity index (χ2n) is 5.55. The van der Waals surface area contributed by atoms with Crippen LogP contribution in [0.4, 0.5) is 0 Å². The van der Waals surface area contributed by atoms with Crippen LogP contribution in [0.5, 0.6) is 0 Å². The van der Waals surface area contributed by atoms with Gasteiger partial charge in [0.1, 0.15) is 12.2 Å². The first-order chi connectivity index (χ1) is 9.54. The van der Waals surface area contributed by atoms with Crippen molar-refractivity contribution in [2.24, 2.45) is 0 Å². The third-order valence-electron chi connectivity index (χ3n) is 3.89. The lowest BCUT2D eigenvalue weighted by atomic mass is 9.95. The number of aromatic nitrogens is 3. The van der Waals surface area contributed by atoms with Crippen LogP contribution < -0.4 is 5.32 Å². The fourth-order valence-electron chi connectivity index (χ4n) is 2.55. The third-order valence-corrected chi connectivity index (χ3v) is 3.89. The number of hydrogen-bond acceptors (Lipinski definition) is 3. The van der Waals surface area contributed by atoms with Crippen LogP contribution in [0.25, 0.3) is 0 Å². The highest BCUT2D eigenvalue weighted by Gasteiger charge is 2.17. The number of nitrogens with one attached hydrogen (secondary N) is 1. The van der Waals surface area contributed by atoms with Crippen molar-refractivity contribution in [1.82, 2.24) is 20.1 Å². The molecule has 0 aliphatic rings. The number of nitrogens with zero attached hydrogens (tertiary/aromatic N) is 3. The van der Waals surface area contributed by atoms with E-state index in [-0.39, 0.29) is 6.04 Å². The molecule has 1 aromatic carbocycles. The molecule has 0 bridgehead atoms. The summed E-state index contributed by atoms with van der Waals surface area (Å²) in [4.78, 5) is 4.41. The normalized spacial score (nSPS) is 12.9. The predicted molar refractivity (Wildman–Crippen MR) is 81.8 cm³/mol. The van der Waals surface area contributed by atoms with E-state index in [9.17, 15) is 0 Å². The van der Waals surface area contributed by atoms with Crippen molar-refractivity contribution in [1.29, 1.82) is 0 Å². The highest BCUT2D eigenvalue weighted by molar-refractivity contribution is 5.35. The maximum Gasteiger partial charge on any atom is 0.138 e. The van der Waals surface area contributed by atoms with Crippen LogP contribution in [0.2, 0.25) is 0 Å². The van der Waals surface area contributed by atoms with E-state index in [0.717, 1.165) is 12.2 Å². The van der Waals surface area contributed by atoms with Crippen LogP contribution in [0.3, 0.4) is 0 Å². The van der Waals surface area contributed by atoms with Gasteiger partial charge in [-0.2, -0.15) is 5.10 Å². The number of likely N-dealkylation sites (N-methyl/N-ethyl adjacent to an activating group) is 1. The zero-order chi connectivity index (χ0) is 14.7. The molecule has 0 aliphatic carbocycles. The first-order valence-electron chi connectivity index (χ1n) is 7.16. The molecule has 4 heteroatoms. The molecule has 0 fully saturated rings. The lowest BCUT2D eigenvalue weighted by Crippen LogP contribution is -2.22. The number of aryl methyl sites for hydroxylation is 1. The molecular weight excluding hydrogens is 248 g/mol. The van der Waals surface area contributed by atoms with Gasteiger partial charge in [0.05, 0.1) is 0 Å². The molecule has 0 saturated heterocycles.